The van der Waals surface area contributed by atoms with Gasteiger partial charge in [0.15, 0.2) is 0 Å². The zero-order chi connectivity index (χ0) is 15.7. The zero-order valence-electron chi connectivity index (χ0n) is 14.6. The fraction of sp³-hybridized carbons (Fsp3) is 0.684. The van der Waals surface area contributed by atoms with Crippen molar-refractivity contribution in [3.63, 3.8) is 0 Å². The first-order chi connectivity index (χ1) is 10.2. The van der Waals surface area contributed by atoms with Crippen molar-refractivity contribution in [2.45, 2.75) is 71.5 Å². The molecule has 0 heterocycles. The highest BCUT2D eigenvalue weighted by Gasteiger charge is 2.28. The van der Waals surface area contributed by atoms with Crippen LogP contribution in [0.15, 0.2) is 30.3 Å². The van der Waals surface area contributed by atoms with Crippen molar-refractivity contribution < 1.29 is 0 Å². The second kappa shape index (κ2) is 9.97. The summed E-state index contributed by atoms with van der Waals surface area (Å²) in [6.07, 6.45) is 4.94. The summed E-state index contributed by atoms with van der Waals surface area (Å²) in [5, 5.41) is 3.56. The second-order valence-corrected chi connectivity index (χ2v) is 6.00. The molecular formula is C19H34N2. The van der Waals surface area contributed by atoms with Gasteiger partial charge in [0.2, 0.25) is 0 Å². The average Bonchev–Trinajstić information content (AvgIpc) is 2.54. The predicted octanol–water partition coefficient (Wildman–Crippen LogP) is 4.63. The molecule has 3 atom stereocenters. The maximum atomic E-state index is 3.56. The van der Waals surface area contributed by atoms with Crippen LogP contribution < -0.4 is 5.32 Å². The molecule has 0 radical (unpaired) electrons. The summed E-state index contributed by atoms with van der Waals surface area (Å²) >= 11 is 0. The Bertz CT molecular complexity index is 363. The Balaban J connectivity index is 2.98. The van der Waals surface area contributed by atoms with Crippen molar-refractivity contribution >= 4 is 0 Å². The Morgan fingerprint density at radius 2 is 1.71 bits per heavy atom. The van der Waals surface area contributed by atoms with Gasteiger partial charge in [-0.05, 0) is 45.3 Å². The molecule has 2 nitrogen and oxygen atoms in total. The van der Waals surface area contributed by atoms with E-state index in [0.29, 0.717) is 18.1 Å². The van der Waals surface area contributed by atoms with Gasteiger partial charge in [0.1, 0.15) is 0 Å². The van der Waals surface area contributed by atoms with Crippen LogP contribution in [0.25, 0.3) is 0 Å². The van der Waals surface area contributed by atoms with Gasteiger partial charge in [-0.15, -0.1) is 0 Å². The smallest absolute Gasteiger partial charge is 0.0475 e. The molecule has 0 aliphatic heterocycles. The molecule has 0 aromatic heterocycles. The zero-order valence-corrected chi connectivity index (χ0v) is 14.6. The van der Waals surface area contributed by atoms with Crippen molar-refractivity contribution in [1.82, 2.24) is 10.2 Å². The van der Waals surface area contributed by atoms with Crippen LogP contribution in [-0.2, 0) is 0 Å². The van der Waals surface area contributed by atoms with Gasteiger partial charge in [-0.3, -0.25) is 4.90 Å². The number of rotatable bonds is 10. The van der Waals surface area contributed by atoms with Crippen molar-refractivity contribution in [2.24, 2.45) is 0 Å². The summed E-state index contributed by atoms with van der Waals surface area (Å²) in [7, 11) is 2.09. The van der Waals surface area contributed by atoms with Crippen LogP contribution in [0, 0.1) is 0 Å². The molecule has 0 aliphatic carbocycles. The third kappa shape index (κ3) is 5.12. The lowest BCUT2D eigenvalue weighted by Gasteiger charge is -2.40. The predicted molar refractivity (Wildman–Crippen MR) is 93.7 cm³/mol. The average molecular weight is 290 g/mol. The summed E-state index contributed by atoms with van der Waals surface area (Å²) in [5.74, 6) is 0. The van der Waals surface area contributed by atoms with E-state index in [1.165, 1.54) is 37.8 Å². The minimum absolute atomic E-state index is 0.405. The van der Waals surface area contributed by atoms with Crippen LogP contribution in [0.5, 0.6) is 0 Å². The van der Waals surface area contributed by atoms with Crippen molar-refractivity contribution in [3.8, 4) is 0 Å². The molecule has 1 rings (SSSR count). The number of hydrogen-bond donors (Lipinski definition) is 1. The van der Waals surface area contributed by atoms with Crippen LogP contribution >= 0.6 is 0 Å². The highest BCUT2D eigenvalue weighted by molar-refractivity contribution is 5.20. The highest BCUT2D eigenvalue weighted by Crippen LogP contribution is 2.26. The summed E-state index contributed by atoms with van der Waals surface area (Å²) in [4.78, 5) is 2.72. The van der Waals surface area contributed by atoms with Crippen LogP contribution in [-0.4, -0.2) is 30.6 Å². The first kappa shape index (κ1) is 18.2. The summed E-state index contributed by atoms with van der Waals surface area (Å²) in [6.45, 7) is 10.5. The monoisotopic (exact) mass is 290 g/mol. The molecule has 1 aromatic carbocycles. The first-order valence-electron chi connectivity index (χ1n) is 8.67. The van der Waals surface area contributed by atoms with Gasteiger partial charge >= 0.3 is 0 Å². The molecule has 2 heteroatoms. The number of likely N-dealkylation sites (N-methyl/N-ethyl adjacent to an activating group) is 1. The molecule has 1 N–H and O–H groups in total. The molecule has 120 valence electrons. The lowest BCUT2D eigenvalue weighted by atomic mass is 9.94. The van der Waals surface area contributed by atoms with Crippen molar-refractivity contribution in [1.29, 1.82) is 0 Å². The van der Waals surface area contributed by atoms with E-state index in [1.54, 1.807) is 0 Å². The summed E-state index contributed by atoms with van der Waals surface area (Å²) in [5.41, 5.74) is 1.40. The molecule has 0 aliphatic rings. The van der Waals surface area contributed by atoms with Gasteiger partial charge in [0.05, 0.1) is 0 Å². The van der Waals surface area contributed by atoms with E-state index in [1.807, 2.05) is 0 Å². The Labute approximate surface area is 131 Å². The van der Waals surface area contributed by atoms with E-state index >= 15 is 0 Å². The normalized spacial score (nSPS) is 15.9. The maximum Gasteiger partial charge on any atom is 0.0475 e. The van der Waals surface area contributed by atoms with Crippen molar-refractivity contribution in [3.05, 3.63) is 35.9 Å². The minimum Gasteiger partial charge on any atom is -0.312 e. The Morgan fingerprint density at radius 3 is 2.19 bits per heavy atom. The molecule has 0 fully saturated rings. The van der Waals surface area contributed by atoms with E-state index in [0.717, 1.165) is 0 Å². The first-order valence-corrected chi connectivity index (χ1v) is 8.67. The molecular weight excluding hydrogens is 256 g/mol. The standard InChI is InChI=1S/C19H34N2/c1-6-9-15-21(16(4)7-2)18(8-3)19(20-5)17-13-11-10-12-14-17/h10-14,16,18-20H,6-9,15H2,1-5H3. The lowest BCUT2D eigenvalue weighted by Crippen LogP contribution is -2.48. The van der Waals surface area contributed by atoms with E-state index in [2.05, 4.69) is 75.3 Å². The topological polar surface area (TPSA) is 15.3 Å². The van der Waals surface area contributed by atoms with Gasteiger partial charge in [-0.1, -0.05) is 57.5 Å². The minimum atomic E-state index is 0.405. The lowest BCUT2D eigenvalue weighted by molar-refractivity contribution is 0.105. The molecule has 21 heavy (non-hydrogen) atoms. The van der Waals surface area contributed by atoms with E-state index in [9.17, 15) is 0 Å². The third-order valence-electron chi connectivity index (χ3n) is 4.63. The molecule has 0 amide bonds. The Morgan fingerprint density at radius 1 is 1.05 bits per heavy atom. The van der Waals surface area contributed by atoms with Gasteiger partial charge < -0.3 is 5.32 Å². The highest BCUT2D eigenvalue weighted by atomic mass is 15.2. The fourth-order valence-electron chi connectivity index (χ4n) is 3.19. The molecule has 1 aromatic rings. The number of nitrogens with one attached hydrogen (secondary N) is 1. The third-order valence-corrected chi connectivity index (χ3v) is 4.63. The van der Waals surface area contributed by atoms with E-state index < -0.39 is 0 Å². The van der Waals surface area contributed by atoms with Gasteiger partial charge in [0, 0.05) is 18.1 Å². The second-order valence-electron chi connectivity index (χ2n) is 6.00. The molecule has 0 spiro atoms. The fourth-order valence-corrected chi connectivity index (χ4v) is 3.19. The van der Waals surface area contributed by atoms with Gasteiger partial charge in [0.25, 0.3) is 0 Å². The number of benzene rings is 1. The van der Waals surface area contributed by atoms with Crippen LogP contribution in [0.2, 0.25) is 0 Å². The van der Waals surface area contributed by atoms with Crippen LogP contribution in [0.1, 0.15) is 65.0 Å². The molecule has 0 saturated heterocycles. The summed E-state index contributed by atoms with van der Waals surface area (Å²) in [6, 6.07) is 12.5. The van der Waals surface area contributed by atoms with E-state index in [-0.39, 0.29) is 0 Å². The molecule has 0 saturated carbocycles. The Hall–Kier alpha value is -0.860. The molecule has 0 bridgehead atoms. The quantitative estimate of drug-likeness (QED) is 0.676. The van der Waals surface area contributed by atoms with E-state index in [4.69, 9.17) is 0 Å². The SMILES string of the molecule is CCCCN(C(C)CC)C(CC)C(NC)c1ccccc1. The van der Waals surface area contributed by atoms with Gasteiger partial charge in [-0.2, -0.15) is 0 Å². The largest absolute Gasteiger partial charge is 0.312 e. The Kier molecular flexibility index (Phi) is 8.63. The summed E-state index contributed by atoms with van der Waals surface area (Å²) < 4.78 is 0. The number of hydrogen-bond acceptors (Lipinski definition) is 2. The maximum absolute atomic E-state index is 3.56. The van der Waals surface area contributed by atoms with Gasteiger partial charge in [-0.25, -0.2) is 0 Å². The van der Waals surface area contributed by atoms with Crippen molar-refractivity contribution in [2.75, 3.05) is 13.6 Å². The molecule has 3 unspecified atom stereocenters. The number of nitrogens with zero attached hydrogens (tertiary/aromatic N) is 1. The van der Waals surface area contributed by atoms with Crippen LogP contribution in [0.3, 0.4) is 0 Å². The van der Waals surface area contributed by atoms with Crippen LogP contribution in [0.4, 0.5) is 0 Å². The number of unbranched alkanes of at least 4 members (excludes halogenated alkanes) is 1.